The van der Waals surface area contributed by atoms with Crippen molar-refractivity contribution >= 4 is 0 Å². The second-order valence-electron chi connectivity index (χ2n) is 7.54. The van der Waals surface area contributed by atoms with E-state index >= 15 is 0 Å². The van der Waals surface area contributed by atoms with E-state index in [0.29, 0.717) is 0 Å². The third-order valence-corrected chi connectivity index (χ3v) is 5.15. The molecule has 0 aromatic carbocycles. The van der Waals surface area contributed by atoms with Crippen LogP contribution in [0.4, 0.5) is 0 Å². The summed E-state index contributed by atoms with van der Waals surface area (Å²) in [5.41, 5.74) is -0.218. The second kappa shape index (κ2) is 15.5. The molecule has 0 saturated heterocycles. The number of hydrogen-bond donors (Lipinski definition) is 0. The monoisotopic (exact) mass is 350 g/mol. The summed E-state index contributed by atoms with van der Waals surface area (Å²) in [6.45, 7) is 5.40. The summed E-state index contributed by atoms with van der Waals surface area (Å²) in [4.78, 5) is 0. The van der Waals surface area contributed by atoms with Crippen LogP contribution in [0.1, 0.15) is 110 Å². The van der Waals surface area contributed by atoms with E-state index in [-0.39, 0.29) is 5.60 Å². The minimum atomic E-state index is -0.218. The quantitative estimate of drug-likeness (QED) is 0.250. The van der Waals surface area contributed by atoms with Crippen molar-refractivity contribution in [3.05, 3.63) is 24.7 Å². The summed E-state index contributed by atoms with van der Waals surface area (Å²) in [5, 5.41) is 0. The molecule has 0 spiro atoms. The summed E-state index contributed by atoms with van der Waals surface area (Å²) >= 11 is 0. The number of rotatable bonds is 17. The van der Waals surface area contributed by atoms with E-state index in [0.717, 1.165) is 13.0 Å². The fraction of sp³-hybridized carbons (Fsp3) is 0.826. The van der Waals surface area contributed by atoms with Crippen molar-refractivity contribution in [2.45, 2.75) is 116 Å². The Kier molecular flexibility index (Phi) is 13.8. The van der Waals surface area contributed by atoms with Crippen molar-refractivity contribution in [3.63, 3.8) is 0 Å². The molecular formula is C23H42O2. The van der Waals surface area contributed by atoms with E-state index in [1.54, 1.807) is 12.5 Å². The lowest BCUT2D eigenvalue weighted by Crippen LogP contribution is -2.29. The normalized spacial score (nSPS) is 15.4. The molecule has 2 nitrogen and oxygen atoms in total. The standard InChI is InChI=1S/C23H42O2/c1-3-5-7-9-11-12-13-15-17-23(18-21-24-22-19-23)25-20-16-14-10-8-6-4-2/h18-19,21-22H,3-17,20H2,1-2H3. The molecule has 0 unspecified atom stereocenters. The summed E-state index contributed by atoms with van der Waals surface area (Å²) in [6.07, 6.45) is 27.5. The largest absolute Gasteiger partial charge is 0.473 e. The Hall–Kier alpha value is -0.760. The SMILES string of the molecule is CCCCCCCCCCC1(OCCCCCCCC)C=COC=C1. The van der Waals surface area contributed by atoms with E-state index in [2.05, 4.69) is 26.0 Å². The van der Waals surface area contributed by atoms with Crippen molar-refractivity contribution in [2.75, 3.05) is 6.61 Å². The first-order chi connectivity index (χ1) is 12.3. The fourth-order valence-electron chi connectivity index (χ4n) is 3.42. The van der Waals surface area contributed by atoms with Crippen LogP contribution in [0, 0.1) is 0 Å². The van der Waals surface area contributed by atoms with Crippen molar-refractivity contribution in [1.29, 1.82) is 0 Å². The summed E-state index contributed by atoms with van der Waals surface area (Å²) < 4.78 is 11.5. The molecule has 146 valence electrons. The Morgan fingerprint density at radius 2 is 1.12 bits per heavy atom. The third kappa shape index (κ3) is 11.5. The molecule has 0 amide bonds. The van der Waals surface area contributed by atoms with Crippen molar-refractivity contribution in [3.8, 4) is 0 Å². The Balaban J connectivity index is 2.14. The maximum Gasteiger partial charge on any atom is 0.111 e. The van der Waals surface area contributed by atoms with Gasteiger partial charge >= 0.3 is 0 Å². The Labute approximate surface area is 157 Å². The van der Waals surface area contributed by atoms with E-state index < -0.39 is 0 Å². The zero-order valence-corrected chi connectivity index (χ0v) is 16.9. The maximum absolute atomic E-state index is 6.28. The third-order valence-electron chi connectivity index (χ3n) is 5.15. The second-order valence-corrected chi connectivity index (χ2v) is 7.54. The van der Waals surface area contributed by atoms with Gasteiger partial charge in [-0.2, -0.15) is 0 Å². The minimum absolute atomic E-state index is 0.218. The van der Waals surface area contributed by atoms with Gasteiger partial charge in [-0.1, -0.05) is 90.9 Å². The molecule has 1 aliphatic heterocycles. The average Bonchev–Trinajstić information content (AvgIpc) is 2.64. The summed E-state index contributed by atoms with van der Waals surface area (Å²) in [5.74, 6) is 0. The zero-order chi connectivity index (χ0) is 18.1. The van der Waals surface area contributed by atoms with Crippen molar-refractivity contribution in [1.82, 2.24) is 0 Å². The highest BCUT2D eigenvalue weighted by Crippen LogP contribution is 2.27. The summed E-state index contributed by atoms with van der Waals surface area (Å²) in [6, 6.07) is 0. The van der Waals surface area contributed by atoms with Crippen LogP contribution in [0.5, 0.6) is 0 Å². The molecule has 2 heteroatoms. The Bertz CT molecular complexity index is 334. The predicted molar refractivity (Wildman–Crippen MR) is 109 cm³/mol. The van der Waals surface area contributed by atoms with Crippen LogP contribution >= 0.6 is 0 Å². The molecule has 0 aliphatic carbocycles. The van der Waals surface area contributed by atoms with Gasteiger partial charge in [0.05, 0.1) is 12.5 Å². The van der Waals surface area contributed by atoms with E-state index in [9.17, 15) is 0 Å². The van der Waals surface area contributed by atoms with Crippen LogP contribution in [0.15, 0.2) is 24.7 Å². The van der Waals surface area contributed by atoms with Crippen molar-refractivity contribution < 1.29 is 9.47 Å². The highest BCUT2D eigenvalue weighted by molar-refractivity contribution is 5.15. The number of unbranched alkanes of at least 4 members (excludes halogenated alkanes) is 12. The lowest BCUT2D eigenvalue weighted by Gasteiger charge is -2.29. The van der Waals surface area contributed by atoms with Crippen LogP contribution in [-0.2, 0) is 9.47 Å². The zero-order valence-electron chi connectivity index (χ0n) is 16.9. The Morgan fingerprint density at radius 3 is 1.68 bits per heavy atom. The van der Waals surface area contributed by atoms with Gasteiger partial charge in [-0.25, -0.2) is 0 Å². The van der Waals surface area contributed by atoms with Crippen LogP contribution in [0.2, 0.25) is 0 Å². The highest BCUT2D eigenvalue weighted by atomic mass is 16.5. The minimum Gasteiger partial charge on any atom is -0.473 e. The van der Waals surface area contributed by atoms with Gasteiger partial charge < -0.3 is 9.47 Å². The first-order valence-corrected chi connectivity index (χ1v) is 11.0. The molecule has 1 heterocycles. The van der Waals surface area contributed by atoms with Crippen LogP contribution in [-0.4, -0.2) is 12.2 Å². The molecule has 1 aliphatic rings. The van der Waals surface area contributed by atoms with Crippen LogP contribution in [0.3, 0.4) is 0 Å². The van der Waals surface area contributed by atoms with Crippen molar-refractivity contribution in [2.24, 2.45) is 0 Å². The topological polar surface area (TPSA) is 18.5 Å². The van der Waals surface area contributed by atoms with Gasteiger partial charge in [0.25, 0.3) is 0 Å². The van der Waals surface area contributed by atoms with Gasteiger partial charge in [0.2, 0.25) is 0 Å². The lowest BCUT2D eigenvalue weighted by atomic mass is 9.94. The maximum atomic E-state index is 6.28. The lowest BCUT2D eigenvalue weighted by molar-refractivity contribution is 0.0117. The number of hydrogen-bond acceptors (Lipinski definition) is 2. The molecule has 0 bridgehead atoms. The van der Waals surface area contributed by atoms with Gasteiger partial charge in [0.15, 0.2) is 0 Å². The van der Waals surface area contributed by atoms with Gasteiger partial charge in [-0.15, -0.1) is 0 Å². The molecule has 0 radical (unpaired) electrons. The Morgan fingerprint density at radius 1 is 0.640 bits per heavy atom. The first kappa shape index (κ1) is 22.3. The smallest absolute Gasteiger partial charge is 0.111 e. The highest BCUT2D eigenvalue weighted by Gasteiger charge is 2.26. The molecule has 25 heavy (non-hydrogen) atoms. The molecule has 0 fully saturated rings. The summed E-state index contributed by atoms with van der Waals surface area (Å²) in [7, 11) is 0. The molecule has 0 saturated carbocycles. The first-order valence-electron chi connectivity index (χ1n) is 11.0. The van der Waals surface area contributed by atoms with Gasteiger partial charge in [-0.05, 0) is 31.4 Å². The molecule has 0 aromatic heterocycles. The molecule has 0 N–H and O–H groups in total. The number of ether oxygens (including phenoxy) is 2. The molecule has 1 rings (SSSR count). The molecule has 0 aromatic rings. The molecule has 0 atom stereocenters. The predicted octanol–water partition coefficient (Wildman–Crippen LogP) is 7.69. The van der Waals surface area contributed by atoms with Gasteiger partial charge in [-0.3, -0.25) is 0 Å². The molecular weight excluding hydrogens is 308 g/mol. The fourth-order valence-corrected chi connectivity index (χ4v) is 3.42. The van der Waals surface area contributed by atoms with Crippen LogP contribution < -0.4 is 0 Å². The van der Waals surface area contributed by atoms with E-state index in [4.69, 9.17) is 9.47 Å². The van der Waals surface area contributed by atoms with E-state index in [1.807, 2.05) is 0 Å². The van der Waals surface area contributed by atoms with Gasteiger partial charge in [0, 0.05) is 6.61 Å². The average molecular weight is 351 g/mol. The van der Waals surface area contributed by atoms with Gasteiger partial charge in [0.1, 0.15) is 5.60 Å². The van der Waals surface area contributed by atoms with E-state index in [1.165, 1.54) is 89.9 Å². The van der Waals surface area contributed by atoms with Crippen LogP contribution in [0.25, 0.3) is 0 Å².